The summed E-state index contributed by atoms with van der Waals surface area (Å²) in [7, 11) is 2.17. The fourth-order valence-electron chi connectivity index (χ4n) is 2.05. The van der Waals surface area contributed by atoms with E-state index >= 15 is 0 Å². The Kier molecular flexibility index (Phi) is 9.29. The molecule has 3 nitrogen and oxygen atoms in total. The smallest absolute Gasteiger partial charge is 0.0590 e. The maximum Gasteiger partial charge on any atom is 0.0590 e. The molecule has 0 radical (unpaired) electrons. The number of nitrogens with one attached hydrogen (secondary N) is 1. The third kappa shape index (κ3) is 7.63. The summed E-state index contributed by atoms with van der Waals surface area (Å²) in [6, 6.07) is 8.59. The second kappa shape index (κ2) is 10.8. The van der Waals surface area contributed by atoms with Crippen molar-refractivity contribution in [3.05, 3.63) is 35.4 Å². The van der Waals surface area contributed by atoms with Gasteiger partial charge in [-0.2, -0.15) is 0 Å². The van der Waals surface area contributed by atoms with Gasteiger partial charge in [0.1, 0.15) is 0 Å². The van der Waals surface area contributed by atoms with Gasteiger partial charge in [0, 0.05) is 32.8 Å². The molecule has 1 rings (SSSR count). The van der Waals surface area contributed by atoms with Crippen molar-refractivity contribution in [3.63, 3.8) is 0 Å². The zero-order valence-corrected chi connectivity index (χ0v) is 13.3. The molecule has 0 amide bonds. The molecule has 1 N–H and O–H groups in total. The van der Waals surface area contributed by atoms with Crippen LogP contribution in [-0.2, 0) is 11.3 Å². The Labute approximate surface area is 124 Å². The van der Waals surface area contributed by atoms with Crippen LogP contribution < -0.4 is 5.32 Å². The highest BCUT2D eigenvalue weighted by Gasteiger charge is 2.02. The van der Waals surface area contributed by atoms with Crippen LogP contribution in [0.5, 0.6) is 0 Å². The quantitative estimate of drug-likeness (QED) is 0.630. The monoisotopic (exact) mass is 278 g/mol. The van der Waals surface area contributed by atoms with Crippen LogP contribution >= 0.6 is 0 Å². The van der Waals surface area contributed by atoms with Crippen molar-refractivity contribution < 1.29 is 4.74 Å². The topological polar surface area (TPSA) is 24.5 Å². The lowest BCUT2D eigenvalue weighted by molar-refractivity contribution is 0.132. The van der Waals surface area contributed by atoms with Gasteiger partial charge < -0.3 is 15.0 Å². The van der Waals surface area contributed by atoms with E-state index in [9.17, 15) is 0 Å². The van der Waals surface area contributed by atoms with Gasteiger partial charge in [-0.05, 0) is 31.5 Å². The molecule has 3 heteroatoms. The van der Waals surface area contributed by atoms with E-state index in [4.69, 9.17) is 4.74 Å². The number of ether oxygens (including phenoxy) is 1. The summed E-state index contributed by atoms with van der Waals surface area (Å²) in [5, 5.41) is 3.43. The molecular formula is C17H30N2O. The second-order valence-electron chi connectivity index (χ2n) is 5.38. The van der Waals surface area contributed by atoms with E-state index in [1.54, 1.807) is 0 Å². The molecule has 0 unspecified atom stereocenters. The van der Waals surface area contributed by atoms with Gasteiger partial charge in [0.25, 0.3) is 0 Å². The number of unbranched alkanes of at least 4 members (excludes halogenated alkanes) is 1. The number of rotatable bonds is 11. The average Bonchev–Trinajstić information content (AvgIpc) is 2.44. The molecule has 0 bridgehead atoms. The Morgan fingerprint density at radius 2 is 1.95 bits per heavy atom. The van der Waals surface area contributed by atoms with E-state index in [1.807, 2.05) is 0 Å². The van der Waals surface area contributed by atoms with Crippen molar-refractivity contribution in [1.29, 1.82) is 0 Å². The fourth-order valence-corrected chi connectivity index (χ4v) is 2.05. The fraction of sp³-hybridized carbons (Fsp3) is 0.647. The van der Waals surface area contributed by atoms with Crippen molar-refractivity contribution in [3.8, 4) is 0 Å². The molecule has 0 aliphatic carbocycles. The lowest BCUT2D eigenvalue weighted by Gasteiger charge is -2.18. The van der Waals surface area contributed by atoms with Crippen LogP contribution in [0.25, 0.3) is 0 Å². The Hall–Kier alpha value is -0.900. The molecular weight excluding hydrogens is 248 g/mol. The van der Waals surface area contributed by atoms with E-state index in [0.717, 1.165) is 39.4 Å². The summed E-state index contributed by atoms with van der Waals surface area (Å²) in [5.41, 5.74) is 2.79. The summed E-state index contributed by atoms with van der Waals surface area (Å²) >= 11 is 0. The van der Waals surface area contributed by atoms with Gasteiger partial charge in [-0.3, -0.25) is 0 Å². The second-order valence-corrected chi connectivity index (χ2v) is 5.38. The SMILES string of the molecule is CCCCOCCNCCN(C)Cc1ccccc1C. The van der Waals surface area contributed by atoms with Crippen LogP contribution in [0.4, 0.5) is 0 Å². The number of aryl methyl sites for hydroxylation is 1. The van der Waals surface area contributed by atoms with Gasteiger partial charge >= 0.3 is 0 Å². The number of likely N-dealkylation sites (N-methyl/N-ethyl adjacent to an activating group) is 1. The Bertz CT molecular complexity index is 355. The maximum absolute atomic E-state index is 5.52. The zero-order valence-electron chi connectivity index (χ0n) is 13.3. The highest BCUT2D eigenvalue weighted by atomic mass is 16.5. The van der Waals surface area contributed by atoms with E-state index in [-0.39, 0.29) is 0 Å². The van der Waals surface area contributed by atoms with Gasteiger partial charge in [0.05, 0.1) is 6.61 Å². The lowest BCUT2D eigenvalue weighted by Crippen LogP contribution is -2.31. The largest absolute Gasteiger partial charge is 0.380 e. The van der Waals surface area contributed by atoms with Crippen molar-refractivity contribution in [2.75, 3.05) is 39.9 Å². The molecule has 0 fully saturated rings. The molecule has 0 saturated carbocycles. The predicted molar refractivity (Wildman–Crippen MR) is 86.1 cm³/mol. The minimum atomic E-state index is 0.821. The number of nitrogens with zero attached hydrogens (tertiary/aromatic N) is 1. The molecule has 0 heterocycles. The summed E-state index contributed by atoms with van der Waals surface area (Å²) in [6.07, 6.45) is 2.37. The Balaban J connectivity index is 2.03. The van der Waals surface area contributed by atoms with Crippen LogP contribution in [0.15, 0.2) is 24.3 Å². The van der Waals surface area contributed by atoms with Crippen molar-refractivity contribution in [2.45, 2.75) is 33.2 Å². The van der Waals surface area contributed by atoms with Gasteiger partial charge in [-0.1, -0.05) is 37.6 Å². The number of benzene rings is 1. The molecule has 1 aromatic rings. The van der Waals surface area contributed by atoms with E-state index in [2.05, 4.69) is 55.4 Å². The first-order valence-corrected chi connectivity index (χ1v) is 7.75. The Morgan fingerprint density at radius 1 is 1.15 bits per heavy atom. The summed E-state index contributed by atoms with van der Waals surface area (Å²) in [4.78, 5) is 2.35. The minimum absolute atomic E-state index is 0.821. The first kappa shape index (κ1) is 17.2. The highest BCUT2D eigenvalue weighted by molar-refractivity contribution is 5.25. The minimum Gasteiger partial charge on any atom is -0.380 e. The molecule has 0 saturated heterocycles. The summed E-state index contributed by atoms with van der Waals surface area (Å²) in [6.45, 7) is 10.1. The average molecular weight is 278 g/mol. The van der Waals surface area contributed by atoms with E-state index < -0.39 is 0 Å². The number of hydrogen-bond acceptors (Lipinski definition) is 3. The van der Waals surface area contributed by atoms with Crippen LogP contribution in [-0.4, -0.2) is 44.8 Å². The third-order valence-electron chi connectivity index (χ3n) is 3.44. The summed E-state index contributed by atoms with van der Waals surface area (Å²) in [5.74, 6) is 0. The zero-order chi connectivity index (χ0) is 14.6. The van der Waals surface area contributed by atoms with Crippen LogP contribution in [0.1, 0.15) is 30.9 Å². The molecule has 0 spiro atoms. The summed E-state index contributed by atoms with van der Waals surface area (Å²) < 4.78 is 5.52. The molecule has 1 aromatic carbocycles. The molecule has 0 aromatic heterocycles. The van der Waals surface area contributed by atoms with E-state index in [1.165, 1.54) is 24.0 Å². The number of hydrogen-bond donors (Lipinski definition) is 1. The van der Waals surface area contributed by atoms with Crippen molar-refractivity contribution in [1.82, 2.24) is 10.2 Å². The lowest BCUT2D eigenvalue weighted by atomic mass is 10.1. The molecule has 114 valence electrons. The Morgan fingerprint density at radius 3 is 2.70 bits per heavy atom. The molecule has 20 heavy (non-hydrogen) atoms. The normalized spacial score (nSPS) is 11.2. The van der Waals surface area contributed by atoms with Gasteiger partial charge in [-0.15, -0.1) is 0 Å². The van der Waals surface area contributed by atoms with E-state index in [0.29, 0.717) is 0 Å². The highest BCUT2D eigenvalue weighted by Crippen LogP contribution is 2.08. The molecule has 0 aliphatic heterocycles. The van der Waals surface area contributed by atoms with Gasteiger partial charge in [0.2, 0.25) is 0 Å². The first-order chi connectivity index (χ1) is 9.74. The standard InChI is InChI=1S/C17H30N2O/c1-4-5-13-20-14-11-18-10-12-19(3)15-17-9-7-6-8-16(17)2/h6-9,18H,4-5,10-15H2,1-3H3. The first-order valence-electron chi connectivity index (χ1n) is 7.75. The van der Waals surface area contributed by atoms with Gasteiger partial charge in [-0.25, -0.2) is 0 Å². The van der Waals surface area contributed by atoms with Crippen LogP contribution in [0.2, 0.25) is 0 Å². The van der Waals surface area contributed by atoms with Crippen LogP contribution in [0, 0.1) is 6.92 Å². The molecule has 0 atom stereocenters. The third-order valence-corrected chi connectivity index (χ3v) is 3.44. The van der Waals surface area contributed by atoms with Crippen molar-refractivity contribution in [2.24, 2.45) is 0 Å². The predicted octanol–water partition coefficient (Wildman–Crippen LogP) is 2.83. The molecule has 0 aliphatic rings. The van der Waals surface area contributed by atoms with Crippen LogP contribution in [0.3, 0.4) is 0 Å². The van der Waals surface area contributed by atoms with Crippen molar-refractivity contribution >= 4 is 0 Å². The maximum atomic E-state index is 5.52. The van der Waals surface area contributed by atoms with Gasteiger partial charge in [0.15, 0.2) is 0 Å².